The van der Waals surface area contributed by atoms with Gasteiger partial charge in [-0.2, -0.15) is 5.10 Å². The molecule has 0 bridgehead atoms. The summed E-state index contributed by atoms with van der Waals surface area (Å²) in [6.07, 6.45) is 1.94. The number of β-amino-alcohol motifs (C(OH)–C–C–N with tert-alkyl or cyclic N) is 1. The van der Waals surface area contributed by atoms with Gasteiger partial charge < -0.3 is 14.7 Å². The van der Waals surface area contributed by atoms with Crippen LogP contribution in [0.1, 0.15) is 30.7 Å². The van der Waals surface area contributed by atoms with Gasteiger partial charge in [0.2, 0.25) is 5.91 Å². The van der Waals surface area contributed by atoms with Crippen LogP contribution >= 0.6 is 0 Å². The maximum absolute atomic E-state index is 12.5. The molecule has 1 N–H and O–H groups in total. The van der Waals surface area contributed by atoms with Gasteiger partial charge in [0.1, 0.15) is 0 Å². The van der Waals surface area contributed by atoms with Crippen LogP contribution in [-0.4, -0.2) is 82.1 Å². The maximum Gasteiger partial charge on any atom is 0.222 e. The summed E-state index contributed by atoms with van der Waals surface area (Å²) in [5.41, 5.74) is 1.37. The molecule has 1 atom stereocenters. The molecular weight excluding hydrogens is 320 g/mol. The minimum atomic E-state index is -0.775. The van der Waals surface area contributed by atoms with Crippen LogP contribution in [0.5, 0.6) is 0 Å². The van der Waals surface area contributed by atoms with Crippen LogP contribution < -0.4 is 0 Å². The summed E-state index contributed by atoms with van der Waals surface area (Å²) in [7, 11) is 0. The zero-order chi connectivity index (χ0) is 17.9. The average Bonchev–Trinajstić information content (AvgIpc) is 3.11. The second-order valence-electron chi connectivity index (χ2n) is 7.43. The topological polar surface area (TPSA) is 70.8 Å². The Morgan fingerprint density at radius 1 is 1.32 bits per heavy atom. The highest BCUT2D eigenvalue weighted by atomic mass is 16.5. The van der Waals surface area contributed by atoms with E-state index < -0.39 is 5.60 Å². The van der Waals surface area contributed by atoms with E-state index in [2.05, 4.69) is 10.00 Å². The molecule has 0 aliphatic carbocycles. The first-order valence-electron chi connectivity index (χ1n) is 9.26. The van der Waals surface area contributed by atoms with E-state index in [1.165, 1.54) is 0 Å². The Bertz CT molecular complexity index is 597. The van der Waals surface area contributed by atoms with E-state index in [9.17, 15) is 9.90 Å². The van der Waals surface area contributed by atoms with E-state index >= 15 is 0 Å². The van der Waals surface area contributed by atoms with Gasteiger partial charge in [0, 0.05) is 44.8 Å². The standard InChI is InChI=1S/C18H30N4O3/c1-15-12-16(2)22(19-15)6-3-4-17(23)21-7-5-18(24,14-21)13-20-8-10-25-11-9-20/h12,24H,3-11,13-14H2,1-2H3/t18-/m0/s1. The molecule has 1 aromatic rings. The Balaban J connectivity index is 1.43. The molecule has 1 amide bonds. The first kappa shape index (κ1) is 18.4. The lowest BCUT2D eigenvalue weighted by Crippen LogP contribution is -2.49. The number of hydrogen-bond acceptors (Lipinski definition) is 5. The van der Waals surface area contributed by atoms with Gasteiger partial charge in [-0.3, -0.25) is 14.4 Å². The minimum absolute atomic E-state index is 0.138. The summed E-state index contributed by atoms with van der Waals surface area (Å²) in [5.74, 6) is 0.138. The van der Waals surface area contributed by atoms with Gasteiger partial charge in [-0.15, -0.1) is 0 Å². The van der Waals surface area contributed by atoms with Gasteiger partial charge in [-0.1, -0.05) is 0 Å². The van der Waals surface area contributed by atoms with E-state index in [-0.39, 0.29) is 5.91 Å². The molecule has 2 saturated heterocycles. The quantitative estimate of drug-likeness (QED) is 0.812. The molecule has 25 heavy (non-hydrogen) atoms. The molecule has 2 aliphatic rings. The zero-order valence-corrected chi connectivity index (χ0v) is 15.4. The molecule has 0 aromatic carbocycles. The molecule has 0 radical (unpaired) electrons. The molecule has 0 saturated carbocycles. The van der Waals surface area contributed by atoms with Crippen LogP contribution in [0.3, 0.4) is 0 Å². The molecule has 2 fully saturated rings. The van der Waals surface area contributed by atoms with Crippen molar-refractivity contribution in [1.29, 1.82) is 0 Å². The first-order valence-corrected chi connectivity index (χ1v) is 9.26. The molecule has 140 valence electrons. The molecular formula is C18H30N4O3. The fourth-order valence-corrected chi connectivity index (χ4v) is 3.81. The Hall–Kier alpha value is -1.44. The van der Waals surface area contributed by atoms with Crippen molar-refractivity contribution in [3.8, 4) is 0 Å². The van der Waals surface area contributed by atoms with Gasteiger partial charge in [-0.05, 0) is 32.8 Å². The van der Waals surface area contributed by atoms with Crippen LogP contribution in [0.4, 0.5) is 0 Å². The van der Waals surface area contributed by atoms with Crippen molar-refractivity contribution in [2.45, 2.75) is 45.3 Å². The Morgan fingerprint density at radius 2 is 2.08 bits per heavy atom. The van der Waals surface area contributed by atoms with Crippen LogP contribution in [-0.2, 0) is 16.1 Å². The van der Waals surface area contributed by atoms with E-state index in [4.69, 9.17) is 4.74 Å². The number of carbonyl (C=O) groups is 1. The highest BCUT2D eigenvalue weighted by molar-refractivity contribution is 5.76. The largest absolute Gasteiger partial charge is 0.387 e. The van der Waals surface area contributed by atoms with Crippen molar-refractivity contribution in [3.05, 3.63) is 17.5 Å². The zero-order valence-electron chi connectivity index (χ0n) is 15.4. The minimum Gasteiger partial charge on any atom is -0.387 e. The average molecular weight is 350 g/mol. The third-order valence-electron chi connectivity index (χ3n) is 5.17. The number of ether oxygens (including phenoxy) is 1. The van der Waals surface area contributed by atoms with Crippen molar-refractivity contribution < 1.29 is 14.6 Å². The lowest BCUT2D eigenvalue weighted by atomic mass is 10.0. The monoisotopic (exact) mass is 350 g/mol. The number of carbonyl (C=O) groups excluding carboxylic acids is 1. The number of morpholine rings is 1. The van der Waals surface area contributed by atoms with E-state index in [0.717, 1.165) is 50.7 Å². The van der Waals surface area contributed by atoms with E-state index in [1.807, 2.05) is 29.5 Å². The number of hydrogen-bond donors (Lipinski definition) is 1. The Kier molecular flexibility index (Phi) is 5.76. The van der Waals surface area contributed by atoms with E-state index in [1.54, 1.807) is 0 Å². The highest BCUT2D eigenvalue weighted by Gasteiger charge is 2.39. The maximum atomic E-state index is 12.5. The number of aromatic nitrogens is 2. The second-order valence-corrected chi connectivity index (χ2v) is 7.43. The molecule has 0 spiro atoms. The highest BCUT2D eigenvalue weighted by Crippen LogP contribution is 2.24. The van der Waals surface area contributed by atoms with Gasteiger partial charge in [-0.25, -0.2) is 0 Å². The predicted molar refractivity (Wildman–Crippen MR) is 94.3 cm³/mol. The van der Waals surface area contributed by atoms with Crippen molar-refractivity contribution in [3.63, 3.8) is 0 Å². The van der Waals surface area contributed by atoms with Crippen LogP contribution in [0.2, 0.25) is 0 Å². The van der Waals surface area contributed by atoms with Crippen LogP contribution in [0.15, 0.2) is 6.07 Å². The predicted octanol–water partition coefficient (Wildman–Crippen LogP) is 0.576. The van der Waals surface area contributed by atoms with Crippen molar-refractivity contribution >= 4 is 5.91 Å². The molecule has 0 unspecified atom stereocenters. The second kappa shape index (κ2) is 7.85. The fraction of sp³-hybridized carbons (Fsp3) is 0.778. The van der Waals surface area contributed by atoms with Crippen molar-refractivity contribution in [2.75, 3.05) is 45.9 Å². The number of nitrogens with zero attached hydrogens (tertiary/aromatic N) is 4. The number of aliphatic hydroxyl groups is 1. The van der Waals surface area contributed by atoms with Gasteiger partial charge in [0.15, 0.2) is 0 Å². The third-order valence-corrected chi connectivity index (χ3v) is 5.17. The first-order chi connectivity index (χ1) is 12.0. The summed E-state index contributed by atoms with van der Waals surface area (Å²) in [6, 6.07) is 2.05. The number of rotatable bonds is 6. The number of aryl methyl sites for hydroxylation is 3. The summed E-state index contributed by atoms with van der Waals surface area (Å²) in [6.45, 7) is 9.68. The number of amides is 1. The summed E-state index contributed by atoms with van der Waals surface area (Å²) >= 11 is 0. The molecule has 3 rings (SSSR count). The molecule has 3 heterocycles. The van der Waals surface area contributed by atoms with E-state index in [0.29, 0.717) is 32.5 Å². The molecule has 7 nitrogen and oxygen atoms in total. The third kappa shape index (κ3) is 4.80. The SMILES string of the molecule is Cc1cc(C)n(CCCC(=O)N2CC[C@](O)(CN3CCOCC3)C2)n1. The summed E-state index contributed by atoms with van der Waals surface area (Å²) in [4.78, 5) is 16.5. The molecule has 2 aliphatic heterocycles. The van der Waals surface area contributed by atoms with Gasteiger partial charge in [0.05, 0.1) is 31.1 Å². The normalized spacial score (nSPS) is 24.8. The Morgan fingerprint density at radius 3 is 2.76 bits per heavy atom. The lowest BCUT2D eigenvalue weighted by molar-refractivity contribution is -0.131. The molecule has 1 aromatic heterocycles. The fourth-order valence-electron chi connectivity index (χ4n) is 3.81. The molecule has 7 heteroatoms. The van der Waals surface area contributed by atoms with Crippen LogP contribution in [0.25, 0.3) is 0 Å². The van der Waals surface area contributed by atoms with Crippen molar-refractivity contribution in [2.24, 2.45) is 0 Å². The van der Waals surface area contributed by atoms with Gasteiger partial charge >= 0.3 is 0 Å². The lowest BCUT2D eigenvalue weighted by Gasteiger charge is -2.33. The van der Waals surface area contributed by atoms with Gasteiger partial charge in [0.25, 0.3) is 0 Å². The Labute approximate surface area is 149 Å². The smallest absolute Gasteiger partial charge is 0.222 e. The van der Waals surface area contributed by atoms with Crippen molar-refractivity contribution in [1.82, 2.24) is 19.6 Å². The summed E-state index contributed by atoms with van der Waals surface area (Å²) in [5, 5.41) is 15.2. The summed E-state index contributed by atoms with van der Waals surface area (Å²) < 4.78 is 7.31. The number of likely N-dealkylation sites (tertiary alicyclic amines) is 1. The van der Waals surface area contributed by atoms with Crippen LogP contribution in [0, 0.1) is 13.8 Å².